The van der Waals surface area contributed by atoms with Crippen LogP contribution in [0.5, 0.6) is 0 Å². The predicted octanol–water partition coefficient (Wildman–Crippen LogP) is 3.37. The van der Waals surface area contributed by atoms with Crippen LogP contribution in [0, 0.1) is 24.0 Å². The highest BCUT2D eigenvalue weighted by atomic mass is 35.5. The number of anilines is 1. The topological polar surface area (TPSA) is 128 Å². The van der Waals surface area contributed by atoms with E-state index in [1.54, 1.807) is 12.1 Å². The minimum absolute atomic E-state index is 0.139. The SMILES string of the molecule is Cc1cccc(NC(=O)NC(=O)COC(=O)c2ccc([N+](=O)[O-])cc2Cl)c1C. The summed E-state index contributed by atoms with van der Waals surface area (Å²) in [5.74, 6) is -1.81. The standard InChI is InChI=1S/C18H16ClN3O6/c1-10-4-3-5-15(11(10)2)20-18(25)21-16(23)9-28-17(24)13-7-6-12(22(26)27)8-14(13)19/h3-8H,9H2,1-2H3,(H2,20,21,23,25). The highest BCUT2D eigenvalue weighted by molar-refractivity contribution is 6.33. The van der Waals surface area contributed by atoms with Crippen molar-refractivity contribution in [2.45, 2.75) is 13.8 Å². The molecule has 0 fully saturated rings. The molecule has 0 radical (unpaired) electrons. The van der Waals surface area contributed by atoms with Crippen molar-refractivity contribution in [3.63, 3.8) is 0 Å². The first-order valence-corrected chi connectivity index (χ1v) is 8.35. The summed E-state index contributed by atoms with van der Waals surface area (Å²) in [4.78, 5) is 45.6. The third-order valence-corrected chi connectivity index (χ3v) is 4.14. The van der Waals surface area contributed by atoms with E-state index in [4.69, 9.17) is 16.3 Å². The Balaban J connectivity index is 1.89. The molecule has 2 N–H and O–H groups in total. The maximum atomic E-state index is 12.0. The number of imide groups is 1. The van der Waals surface area contributed by atoms with Crippen LogP contribution in [0.1, 0.15) is 21.5 Å². The maximum Gasteiger partial charge on any atom is 0.340 e. The largest absolute Gasteiger partial charge is 0.452 e. The Morgan fingerprint density at radius 2 is 1.89 bits per heavy atom. The fourth-order valence-electron chi connectivity index (χ4n) is 2.19. The van der Waals surface area contributed by atoms with Crippen LogP contribution in [0.15, 0.2) is 36.4 Å². The van der Waals surface area contributed by atoms with Gasteiger partial charge in [-0.05, 0) is 37.1 Å². The number of benzene rings is 2. The summed E-state index contributed by atoms with van der Waals surface area (Å²) < 4.78 is 4.78. The second kappa shape index (κ2) is 8.96. The number of esters is 1. The summed E-state index contributed by atoms with van der Waals surface area (Å²) in [5, 5.41) is 15.0. The van der Waals surface area contributed by atoms with Crippen LogP contribution in [0.25, 0.3) is 0 Å². The van der Waals surface area contributed by atoms with Crippen LogP contribution in [-0.2, 0) is 9.53 Å². The first kappa shape index (κ1) is 20.8. The smallest absolute Gasteiger partial charge is 0.340 e. The van der Waals surface area contributed by atoms with Crippen LogP contribution in [0.3, 0.4) is 0 Å². The average Bonchev–Trinajstić information content (AvgIpc) is 2.63. The van der Waals surface area contributed by atoms with Crippen LogP contribution in [-0.4, -0.2) is 29.4 Å². The summed E-state index contributed by atoms with van der Waals surface area (Å²) >= 11 is 5.82. The maximum absolute atomic E-state index is 12.0. The molecular formula is C18H16ClN3O6. The molecule has 0 unspecified atom stereocenters. The van der Waals surface area contributed by atoms with Gasteiger partial charge in [0.15, 0.2) is 6.61 Å². The van der Waals surface area contributed by atoms with Crippen molar-refractivity contribution in [2.24, 2.45) is 0 Å². The molecule has 3 amide bonds. The highest BCUT2D eigenvalue weighted by Crippen LogP contribution is 2.23. The van der Waals surface area contributed by atoms with Crippen molar-refractivity contribution >= 4 is 40.9 Å². The molecule has 0 heterocycles. The molecule has 0 aliphatic rings. The fourth-order valence-corrected chi connectivity index (χ4v) is 2.45. The summed E-state index contributed by atoms with van der Waals surface area (Å²) in [6, 6.07) is 7.75. The number of rotatable bonds is 5. The van der Waals surface area contributed by atoms with Gasteiger partial charge in [0.1, 0.15) is 0 Å². The van der Waals surface area contributed by atoms with Gasteiger partial charge in [0.2, 0.25) is 0 Å². The third kappa shape index (κ3) is 5.27. The molecule has 10 heteroatoms. The van der Waals surface area contributed by atoms with E-state index in [0.717, 1.165) is 29.3 Å². The minimum atomic E-state index is -0.954. The predicted molar refractivity (Wildman–Crippen MR) is 101 cm³/mol. The van der Waals surface area contributed by atoms with Crippen LogP contribution in [0.2, 0.25) is 5.02 Å². The van der Waals surface area contributed by atoms with E-state index in [1.165, 1.54) is 0 Å². The number of urea groups is 1. The van der Waals surface area contributed by atoms with Crippen molar-refractivity contribution in [2.75, 3.05) is 11.9 Å². The summed E-state index contributed by atoms with van der Waals surface area (Å²) in [6.07, 6.45) is 0. The van der Waals surface area contributed by atoms with E-state index < -0.39 is 29.4 Å². The number of non-ortho nitro benzene ring substituents is 1. The number of nitrogens with zero attached hydrogens (tertiary/aromatic N) is 1. The number of nitrogens with one attached hydrogen (secondary N) is 2. The number of ether oxygens (including phenoxy) is 1. The molecule has 9 nitrogen and oxygen atoms in total. The molecule has 0 aliphatic heterocycles. The summed E-state index contributed by atoms with van der Waals surface area (Å²) in [5.41, 5.74) is 1.93. The van der Waals surface area contributed by atoms with Crippen molar-refractivity contribution in [3.8, 4) is 0 Å². The molecule has 0 aliphatic carbocycles. The lowest BCUT2D eigenvalue weighted by Gasteiger charge is -2.11. The number of hydrogen-bond donors (Lipinski definition) is 2. The van der Waals surface area contributed by atoms with Gasteiger partial charge in [0, 0.05) is 17.8 Å². The molecule has 2 rings (SSSR count). The van der Waals surface area contributed by atoms with Crippen molar-refractivity contribution in [1.29, 1.82) is 0 Å². The van der Waals surface area contributed by atoms with E-state index in [0.29, 0.717) is 5.69 Å². The molecule has 0 saturated carbocycles. The Kier molecular flexibility index (Phi) is 6.67. The Morgan fingerprint density at radius 3 is 2.54 bits per heavy atom. The van der Waals surface area contributed by atoms with Crippen LogP contribution < -0.4 is 10.6 Å². The monoisotopic (exact) mass is 405 g/mol. The molecule has 0 aromatic heterocycles. The van der Waals surface area contributed by atoms with E-state index >= 15 is 0 Å². The second-order valence-corrected chi connectivity index (χ2v) is 6.15. The lowest BCUT2D eigenvalue weighted by atomic mass is 10.1. The van der Waals surface area contributed by atoms with E-state index in [2.05, 4.69) is 5.32 Å². The number of halogens is 1. The van der Waals surface area contributed by atoms with Gasteiger partial charge in [-0.15, -0.1) is 0 Å². The molecule has 0 atom stereocenters. The van der Waals surface area contributed by atoms with Gasteiger partial charge in [-0.3, -0.25) is 20.2 Å². The van der Waals surface area contributed by atoms with Crippen molar-refractivity contribution in [3.05, 3.63) is 68.2 Å². The Hall–Kier alpha value is -3.46. The number of aryl methyl sites for hydroxylation is 1. The highest BCUT2D eigenvalue weighted by Gasteiger charge is 2.18. The lowest BCUT2D eigenvalue weighted by Crippen LogP contribution is -2.37. The van der Waals surface area contributed by atoms with E-state index in [1.807, 2.05) is 25.2 Å². The normalized spacial score (nSPS) is 10.1. The molecule has 0 bridgehead atoms. The zero-order chi connectivity index (χ0) is 20.8. The van der Waals surface area contributed by atoms with Crippen LogP contribution >= 0.6 is 11.6 Å². The fraction of sp³-hybridized carbons (Fsp3) is 0.167. The number of carbonyl (C=O) groups is 3. The van der Waals surface area contributed by atoms with Gasteiger partial charge in [-0.25, -0.2) is 9.59 Å². The molecule has 2 aromatic rings. The first-order chi connectivity index (χ1) is 13.2. The zero-order valence-corrected chi connectivity index (χ0v) is 15.7. The summed E-state index contributed by atoms with van der Waals surface area (Å²) in [7, 11) is 0. The molecular weight excluding hydrogens is 390 g/mol. The number of nitro groups is 1. The zero-order valence-electron chi connectivity index (χ0n) is 14.9. The molecule has 146 valence electrons. The number of carbonyl (C=O) groups excluding carboxylic acids is 3. The third-order valence-electron chi connectivity index (χ3n) is 3.82. The quantitative estimate of drug-likeness (QED) is 0.446. The van der Waals surface area contributed by atoms with Gasteiger partial charge in [-0.1, -0.05) is 23.7 Å². The Labute approximate surface area is 164 Å². The molecule has 0 spiro atoms. The van der Waals surface area contributed by atoms with Crippen LogP contribution in [0.4, 0.5) is 16.2 Å². The Bertz CT molecular complexity index is 960. The number of hydrogen-bond acceptors (Lipinski definition) is 6. The first-order valence-electron chi connectivity index (χ1n) is 7.97. The lowest BCUT2D eigenvalue weighted by molar-refractivity contribution is -0.384. The van der Waals surface area contributed by atoms with Crippen molar-refractivity contribution < 1.29 is 24.0 Å². The van der Waals surface area contributed by atoms with Gasteiger partial charge in [-0.2, -0.15) is 0 Å². The van der Waals surface area contributed by atoms with E-state index in [9.17, 15) is 24.5 Å². The van der Waals surface area contributed by atoms with Gasteiger partial charge >= 0.3 is 12.0 Å². The van der Waals surface area contributed by atoms with Crippen molar-refractivity contribution in [1.82, 2.24) is 5.32 Å². The van der Waals surface area contributed by atoms with Gasteiger partial charge in [0.25, 0.3) is 11.6 Å². The Morgan fingerprint density at radius 1 is 1.18 bits per heavy atom. The molecule has 28 heavy (non-hydrogen) atoms. The number of amides is 3. The molecule has 2 aromatic carbocycles. The molecule has 0 saturated heterocycles. The van der Waals surface area contributed by atoms with E-state index in [-0.39, 0.29) is 16.3 Å². The minimum Gasteiger partial charge on any atom is -0.452 e. The second-order valence-electron chi connectivity index (χ2n) is 5.75. The average molecular weight is 406 g/mol. The van der Waals surface area contributed by atoms with Gasteiger partial charge in [0.05, 0.1) is 15.5 Å². The number of nitro benzene ring substituents is 1. The van der Waals surface area contributed by atoms with Gasteiger partial charge < -0.3 is 10.1 Å². The summed E-state index contributed by atoms with van der Waals surface area (Å²) in [6.45, 7) is 2.97.